The normalized spacial score (nSPS) is 17.3. The van der Waals surface area contributed by atoms with Crippen LogP contribution < -0.4 is 5.32 Å². The highest BCUT2D eigenvalue weighted by atomic mass is 79.9. The van der Waals surface area contributed by atoms with Crippen molar-refractivity contribution in [2.45, 2.75) is 13.0 Å². The zero-order valence-corrected chi connectivity index (χ0v) is 11.7. The van der Waals surface area contributed by atoms with Crippen molar-refractivity contribution in [1.82, 2.24) is 14.9 Å². The number of rotatable bonds is 3. The molecule has 1 aliphatic heterocycles. The van der Waals surface area contributed by atoms with Crippen LogP contribution >= 0.6 is 15.9 Å². The highest BCUT2D eigenvalue weighted by molar-refractivity contribution is 9.10. The number of hydrogen-bond acceptors (Lipinski definition) is 5. The van der Waals surface area contributed by atoms with Crippen molar-refractivity contribution in [2.75, 3.05) is 31.6 Å². The Hall–Kier alpha value is -1.21. The van der Waals surface area contributed by atoms with Crippen molar-refractivity contribution in [1.29, 1.82) is 0 Å². The van der Waals surface area contributed by atoms with Crippen LogP contribution in [-0.4, -0.2) is 53.1 Å². The lowest BCUT2D eigenvalue weighted by atomic mass is 10.2. The minimum Gasteiger partial charge on any atom is -0.378 e. The van der Waals surface area contributed by atoms with Gasteiger partial charge in [-0.3, -0.25) is 4.79 Å². The van der Waals surface area contributed by atoms with Crippen LogP contribution in [0.15, 0.2) is 17.0 Å². The number of morpholine rings is 1. The van der Waals surface area contributed by atoms with Gasteiger partial charge in [-0.2, -0.15) is 0 Å². The average Bonchev–Trinajstić information content (AvgIpc) is 2.41. The van der Waals surface area contributed by atoms with Gasteiger partial charge in [0.15, 0.2) is 0 Å². The Balaban J connectivity index is 1.96. The summed E-state index contributed by atoms with van der Waals surface area (Å²) in [5.41, 5.74) is 0. The molecule has 2 heterocycles. The number of nitrogens with one attached hydrogen (secondary N) is 1. The first kappa shape index (κ1) is 13.2. The fourth-order valence-corrected chi connectivity index (χ4v) is 2.08. The number of carbonyl (C=O) groups is 1. The van der Waals surface area contributed by atoms with E-state index in [4.69, 9.17) is 4.74 Å². The monoisotopic (exact) mass is 314 g/mol. The lowest BCUT2D eigenvalue weighted by Crippen LogP contribution is -2.47. The fraction of sp³-hybridized carbons (Fsp3) is 0.545. The van der Waals surface area contributed by atoms with Crippen LogP contribution in [0.2, 0.25) is 0 Å². The van der Waals surface area contributed by atoms with Gasteiger partial charge in [-0.1, -0.05) is 0 Å². The molecule has 98 valence electrons. The summed E-state index contributed by atoms with van der Waals surface area (Å²) < 4.78 is 5.97. The van der Waals surface area contributed by atoms with Crippen molar-refractivity contribution >= 4 is 27.7 Å². The second-order valence-corrected chi connectivity index (χ2v) is 4.88. The van der Waals surface area contributed by atoms with Crippen molar-refractivity contribution in [3.63, 3.8) is 0 Å². The smallest absolute Gasteiger partial charge is 0.244 e. The van der Waals surface area contributed by atoms with E-state index in [1.54, 1.807) is 11.1 Å². The van der Waals surface area contributed by atoms with E-state index in [0.717, 1.165) is 4.47 Å². The molecule has 1 aromatic heterocycles. The van der Waals surface area contributed by atoms with Crippen LogP contribution in [0.1, 0.15) is 6.92 Å². The third-order valence-corrected chi connectivity index (χ3v) is 3.29. The molecule has 1 atom stereocenters. The van der Waals surface area contributed by atoms with Crippen molar-refractivity contribution < 1.29 is 9.53 Å². The zero-order valence-electron chi connectivity index (χ0n) is 10.1. The number of halogens is 1. The molecule has 0 aliphatic carbocycles. The molecule has 0 spiro atoms. The van der Waals surface area contributed by atoms with E-state index in [-0.39, 0.29) is 11.9 Å². The highest BCUT2D eigenvalue weighted by Crippen LogP contribution is 2.18. The maximum atomic E-state index is 12.2. The summed E-state index contributed by atoms with van der Waals surface area (Å²) in [6.45, 7) is 4.34. The van der Waals surface area contributed by atoms with Gasteiger partial charge >= 0.3 is 0 Å². The summed E-state index contributed by atoms with van der Waals surface area (Å²) in [6.07, 6.45) is 3.08. The number of nitrogens with zero attached hydrogens (tertiary/aromatic N) is 3. The second kappa shape index (κ2) is 6.10. The molecule has 1 amide bonds. The molecule has 1 N–H and O–H groups in total. The van der Waals surface area contributed by atoms with Gasteiger partial charge in [0.25, 0.3) is 0 Å². The summed E-state index contributed by atoms with van der Waals surface area (Å²) in [6, 6.07) is -0.325. The summed E-state index contributed by atoms with van der Waals surface area (Å²) in [5.74, 6) is 0.683. The van der Waals surface area contributed by atoms with Crippen LogP contribution in [0.4, 0.5) is 5.82 Å². The lowest BCUT2D eigenvalue weighted by molar-refractivity contribution is -0.135. The van der Waals surface area contributed by atoms with Gasteiger partial charge < -0.3 is 15.0 Å². The largest absolute Gasteiger partial charge is 0.378 e. The predicted octanol–water partition coefficient (Wildman–Crippen LogP) is 0.898. The third kappa shape index (κ3) is 3.17. The van der Waals surface area contributed by atoms with Crippen LogP contribution in [-0.2, 0) is 9.53 Å². The summed E-state index contributed by atoms with van der Waals surface area (Å²) in [5, 5.41) is 3.08. The minimum atomic E-state index is -0.325. The first-order valence-electron chi connectivity index (χ1n) is 5.77. The number of hydrogen-bond donors (Lipinski definition) is 1. The Morgan fingerprint density at radius 3 is 2.94 bits per heavy atom. The van der Waals surface area contributed by atoms with Gasteiger partial charge in [-0.05, 0) is 22.9 Å². The molecular weight excluding hydrogens is 300 g/mol. The van der Waals surface area contributed by atoms with Crippen LogP contribution in [0.25, 0.3) is 0 Å². The first-order valence-corrected chi connectivity index (χ1v) is 6.56. The van der Waals surface area contributed by atoms with Gasteiger partial charge in [-0.15, -0.1) is 0 Å². The number of ether oxygens (including phenoxy) is 1. The van der Waals surface area contributed by atoms with Gasteiger partial charge in [-0.25, -0.2) is 9.97 Å². The Labute approximate surface area is 114 Å². The van der Waals surface area contributed by atoms with E-state index < -0.39 is 0 Å². The second-order valence-electron chi connectivity index (χ2n) is 4.02. The molecule has 0 radical (unpaired) electrons. The maximum Gasteiger partial charge on any atom is 0.244 e. The zero-order chi connectivity index (χ0) is 13.0. The van der Waals surface area contributed by atoms with Crippen LogP contribution in [0.3, 0.4) is 0 Å². The molecule has 7 heteroatoms. The Morgan fingerprint density at radius 1 is 1.56 bits per heavy atom. The summed E-state index contributed by atoms with van der Waals surface area (Å²) >= 11 is 3.34. The molecule has 1 saturated heterocycles. The Kier molecular flexibility index (Phi) is 4.48. The maximum absolute atomic E-state index is 12.2. The number of carbonyl (C=O) groups excluding carboxylic acids is 1. The summed E-state index contributed by atoms with van der Waals surface area (Å²) in [7, 11) is 0. The van der Waals surface area contributed by atoms with Crippen molar-refractivity contribution in [2.24, 2.45) is 0 Å². The first-order chi connectivity index (χ1) is 8.68. The van der Waals surface area contributed by atoms with Gasteiger partial charge in [0.2, 0.25) is 5.91 Å². The van der Waals surface area contributed by atoms with E-state index in [1.165, 1.54) is 6.33 Å². The van der Waals surface area contributed by atoms with E-state index >= 15 is 0 Å². The van der Waals surface area contributed by atoms with Crippen molar-refractivity contribution in [3.8, 4) is 0 Å². The van der Waals surface area contributed by atoms with Crippen LogP contribution in [0.5, 0.6) is 0 Å². The SMILES string of the molecule is CC(Nc1ncncc1Br)C(=O)N1CCOCC1. The molecule has 1 unspecified atom stereocenters. The molecule has 6 nitrogen and oxygen atoms in total. The number of anilines is 1. The topological polar surface area (TPSA) is 67.4 Å². The highest BCUT2D eigenvalue weighted by Gasteiger charge is 2.22. The summed E-state index contributed by atoms with van der Waals surface area (Å²) in [4.78, 5) is 21.9. The van der Waals surface area contributed by atoms with Crippen molar-refractivity contribution in [3.05, 3.63) is 17.0 Å². The van der Waals surface area contributed by atoms with E-state index in [9.17, 15) is 4.79 Å². The molecule has 0 saturated carbocycles. The third-order valence-electron chi connectivity index (χ3n) is 2.71. The van der Waals surface area contributed by atoms with E-state index in [2.05, 4.69) is 31.2 Å². The fourth-order valence-electron chi connectivity index (χ4n) is 1.74. The molecule has 18 heavy (non-hydrogen) atoms. The number of aromatic nitrogens is 2. The van der Waals surface area contributed by atoms with Crippen LogP contribution in [0, 0.1) is 0 Å². The van der Waals surface area contributed by atoms with Gasteiger partial charge in [0.1, 0.15) is 18.2 Å². The van der Waals surface area contributed by atoms with E-state index in [0.29, 0.717) is 32.1 Å². The Bertz CT molecular complexity index is 423. The lowest BCUT2D eigenvalue weighted by Gasteiger charge is -2.29. The predicted molar refractivity (Wildman–Crippen MR) is 70.2 cm³/mol. The molecule has 1 fully saturated rings. The van der Waals surface area contributed by atoms with E-state index in [1.807, 2.05) is 6.92 Å². The molecule has 1 aromatic rings. The number of amides is 1. The van der Waals surface area contributed by atoms with Gasteiger partial charge in [0, 0.05) is 19.3 Å². The Morgan fingerprint density at radius 2 is 2.28 bits per heavy atom. The average molecular weight is 315 g/mol. The molecule has 0 aromatic carbocycles. The van der Waals surface area contributed by atoms with Gasteiger partial charge in [0.05, 0.1) is 17.7 Å². The minimum absolute atomic E-state index is 0.0591. The molecule has 1 aliphatic rings. The standard InChI is InChI=1S/C11H15BrN4O2/c1-8(11(17)16-2-4-18-5-3-16)15-10-9(12)6-13-7-14-10/h6-8H,2-5H2,1H3,(H,13,14,15). The molecular formula is C11H15BrN4O2. The molecule has 0 bridgehead atoms. The quantitative estimate of drug-likeness (QED) is 0.897. The molecule has 2 rings (SSSR count).